The number of hydrogen-bond acceptors (Lipinski definition) is 7. The summed E-state index contributed by atoms with van der Waals surface area (Å²) < 4.78 is 36.9. The Balaban J connectivity index is 1.57. The van der Waals surface area contributed by atoms with Gasteiger partial charge in [-0.3, -0.25) is 9.78 Å². The van der Waals surface area contributed by atoms with Crippen LogP contribution in [0.4, 0.5) is 0 Å². The van der Waals surface area contributed by atoms with Gasteiger partial charge in [-0.25, -0.2) is 13.4 Å². The number of benzene rings is 3. The third-order valence-corrected chi connectivity index (χ3v) is 6.78. The molecule has 5 rings (SSSR count). The van der Waals surface area contributed by atoms with Crippen LogP contribution < -0.4 is 9.47 Å². The van der Waals surface area contributed by atoms with Gasteiger partial charge in [0.05, 0.1) is 5.52 Å². The van der Waals surface area contributed by atoms with Gasteiger partial charge >= 0.3 is 0 Å². The van der Waals surface area contributed by atoms with Crippen molar-refractivity contribution in [1.82, 2.24) is 19.9 Å². The fraction of sp³-hybridized carbons (Fsp3) is 0.107. The number of nitrogens with one attached hydrogen (secondary N) is 1. The highest BCUT2D eigenvalue weighted by molar-refractivity contribution is 7.90. The van der Waals surface area contributed by atoms with Crippen LogP contribution in [0.5, 0.6) is 23.0 Å². The molecule has 2 aromatic heterocycles. The summed E-state index contributed by atoms with van der Waals surface area (Å²) in [6.07, 6.45) is 2.80. The van der Waals surface area contributed by atoms with Gasteiger partial charge in [-0.1, -0.05) is 18.2 Å². The van der Waals surface area contributed by atoms with Gasteiger partial charge in [0, 0.05) is 44.2 Å². The zero-order chi connectivity index (χ0) is 26.9. The number of carbonyl (C=O) groups excluding carboxylic acids is 1. The molecule has 0 aliphatic heterocycles. The van der Waals surface area contributed by atoms with Gasteiger partial charge < -0.3 is 19.4 Å². The minimum absolute atomic E-state index is 0.0566. The molecule has 0 fully saturated rings. The lowest BCUT2D eigenvalue weighted by atomic mass is 10.2. The molecule has 0 bridgehead atoms. The predicted octanol–water partition coefficient (Wildman–Crippen LogP) is 5.31. The van der Waals surface area contributed by atoms with Crippen molar-refractivity contribution in [2.75, 3.05) is 20.4 Å². The molecule has 2 heterocycles. The van der Waals surface area contributed by atoms with Crippen molar-refractivity contribution in [2.45, 2.75) is 4.90 Å². The van der Waals surface area contributed by atoms with Crippen molar-refractivity contribution in [3.05, 3.63) is 90.6 Å². The van der Waals surface area contributed by atoms with Crippen molar-refractivity contribution >= 4 is 26.8 Å². The first-order valence-corrected chi connectivity index (χ1v) is 13.5. The van der Waals surface area contributed by atoms with Gasteiger partial charge in [-0.15, -0.1) is 0 Å². The molecule has 38 heavy (non-hydrogen) atoms. The molecule has 3 aromatic carbocycles. The van der Waals surface area contributed by atoms with Crippen LogP contribution in [0, 0.1) is 0 Å². The summed E-state index contributed by atoms with van der Waals surface area (Å²) in [5.41, 5.74) is 2.25. The van der Waals surface area contributed by atoms with E-state index in [2.05, 4.69) is 15.0 Å². The molecular formula is C28H24N4O5S. The summed E-state index contributed by atoms with van der Waals surface area (Å²) in [5, 5.41) is 0. The minimum Gasteiger partial charge on any atom is -0.457 e. The monoisotopic (exact) mass is 528 g/mol. The molecule has 192 valence electrons. The van der Waals surface area contributed by atoms with E-state index in [1.165, 1.54) is 11.0 Å². The second-order valence-electron chi connectivity index (χ2n) is 8.76. The van der Waals surface area contributed by atoms with Crippen LogP contribution >= 0.6 is 0 Å². The summed E-state index contributed by atoms with van der Waals surface area (Å²) >= 11 is 0. The van der Waals surface area contributed by atoms with E-state index in [-0.39, 0.29) is 16.6 Å². The maximum Gasteiger partial charge on any atom is 0.253 e. The van der Waals surface area contributed by atoms with Crippen LogP contribution in [-0.4, -0.2) is 54.5 Å². The van der Waals surface area contributed by atoms with Crippen molar-refractivity contribution < 1.29 is 22.7 Å². The van der Waals surface area contributed by atoms with E-state index < -0.39 is 9.84 Å². The minimum atomic E-state index is -3.55. The average Bonchev–Trinajstić information content (AvgIpc) is 3.33. The third-order valence-electron chi connectivity index (χ3n) is 5.64. The number of carbonyl (C=O) groups is 1. The van der Waals surface area contributed by atoms with Crippen LogP contribution in [0.25, 0.3) is 22.6 Å². The Hall–Kier alpha value is -4.70. The number of aromatic amines is 1. The van der Waals surface area contributed by atoms with E-state index in [0.717, 1.165) is 6.26 Å². The van der Waals surface area contributed by atoms with Gasteiger partial charge in [0.15, 0.2) is 21.4 Å². The first-order chi connectivity index (χ1) is 18.2. The van der Waals surface area contributed by atoms with E-state index in [0.29, 0.717) is 45.4 Å². The summed E-state index contributed by atoms with van der Waals surface area (Å²) in [6.45, 7) is 0. The predicted molar refractivity (Wildman–Crippen MR) is 143 cm³/mol. The molecule has 5 aromatic rings. The number of hydrogen-bond donors (Lipinski definition) is 1. The zero-order valence-corrected chi connectivity index (χ0v) is 21.7. The van der Waals surface area contributed by atoms with E-state index in [1.807, 2.05) is 18.2 Å². The van der Waals surface area contributed by atoms with Crippen LogP contribution in [0.2, 0.25) is 0 Å². The Labute approximate surface area is 219 Å². The van der Waals surface area contributed by atoms with Crippen LogP contribution in [0.15, 0.2) is 90.0 Å². The van der Waals surface area contributed by atoms with Crippen LogP contribution in [-0.2, 0) is 9.84 Å². The summed E-state index contributed by atoms with van der Waals surface area (Å²) in [5.74, 6) is 1.80. The number of nitrogens with zero attached hydrogens (tertiary/aromatic N) is 3. The lowest BCUT2D eigenvalue weighted by Gasteiger charge is -2.13. The highest BCUT2D eigenvalue weighted by Gasteiger charge is 2.19. The Kier molecular flexibility index (Phi) is 6.56. The molecule has 0 radical (unpaired) electrons. The number of rotatable bonds is 7. The average molecular weight is 529 g/mol. The zero-order valence-electron chi connectivity index (χ0n) is 20.9. The fourth-order valence-electron chi connectivity index (χ4n) is 3.84. The normalized spacial score (nSPS) is 11.3. The SMILES string of the molecule is CN(C)C(=O)c1ccc(Oc2cc(Oc3ccccc3S(C)(=O)=O)c3nc(-c4ccccn4)[nH]c3c2)cc1. The first kappa shape index (κ1) is 25.0. The van der Waals surface area contributed by atoms with Gasteiger partial charge in [0.2, 0.25) is 0 Å². The number of ether oxygens (including phenoxy) is 2. The Morgan fingerprint density at radius 3 is 2.29 bits per heavy atom. The number of sulfone groups is 1. The smallest absolute Gasteiger partial charge is 0.253 e. The molecule has 0 atom stereocenters. The topological polar surface area (TPSA) is 114 Å². The maximum atomic E-state index is 12.4. The Morgan fingerprint density at radius 1 is 0.868 bits per heavy atom. The van der Waals surface area contributed by atoms with Gasteiger partial charge in [0.25, 0.3) is 5.91 Å². The lowest BCUT2D eigenvalue weighted by Crippen LogP contribution is -2.21. The highest BCUT2D eigenvalue weighted by Crippen LogP contribution is 2.38. The Morgan fingerprint density at radius 2 is 1.61 bits per heavy atom. The molecule has 0 aliphatic carbocycles. The van der Waals surface area contributed by atoms with Crippen molar-refractivity contribution in [2.24, 2.45) is 0 Å². The van der Waals surface area contributed by atoms with Crippen molar-refractivity contribution in [3.63, 3.8) is 0 Å². The largest absolute Gasteiger partial charge is 0.457 e. The summed E-state index contributed by atoms with van der Waals surface area (Å²) in [6, 6.07) is 22.1. The molecule has 0 saturated heterocycles. The molecule has 0 aliphatic rings. The summed E-state index contributed by atoms with van der Waals surface area (Å²) in [4.78, 5) is 26.0. The molecule has 10 heteroatoms. The highest BCUT2D eigenvalue weighted by atomic mass is 32.2. The number of para-hydroxylation sites is 1. The third kappa shape index (κ3) is 5.21. The summed E-state index contributed by atoms with van der Waals surface area (Å²) in [7, 11) is -0.167. The van der Waals surface area contributed by atoms with Gasteiger partial charge in [-0.05, 0) is 48.5 Å². The van der Waals surface area contributed by atoms with Crippen molar-refractivity contribution in [3.8, 4) is 34.5 Å². The van der Waals surface area contributed by atoms with E-state index >= 15 is 0 Å². The quantitative estimate of drug-likeness (QED) is 0.304. The number of amides is 1. The lowest BCUT2D eigenvalue weighted by molar-refractivity contribution is 0.0827. The van der Waals surface area contributed by atoms with Crippen LogP contribution in [0.1, 0.15) is 10.4 Å². The molecule has 1 N–H and O–H groups in total. The van der Waals surface area contributed by atoms with Crippen LogP contribution in [0.3, 0.4) is 0 Å². The van der Waals surface area contributed by atoms with Gasteiger partial charge in [0.1, 0.15) is 33.4 Å². The number of pyridine rings is 1. The molecule has 0 unspecified atom stereocenters. The first-order valence-electron chi connectivity index (χ1n) is 11.6. The molecule has 0 spiro atoms. The standard InChI is InChI=1S/C28H24N4O5S/c1-32(2)28(33)18-11-13-19(14-12-18)36-20-16-22-26(31-27(30-22)21-8-6-7-15-29-21)24(17-20)37-23-9-4-5-10-25(23)38(3,34)35/h4-17H,1-3H3,(H,30,31). The second-order valence-corrected chi connectivity index (χ2v) is 10.7. The number of fused-ring (bicyclic) bond motifs is 1. The van der Waals surface area contributed by atoms with E-state index in [4.69, 9.17) is 9.47 Å². The molecule has 0 saturated carbocycles. The van der Waals surface area contributed by atoms with E-state index in [9.17, 15) is 13.2 Å². The Bertz CT molecular complexity index is 1730. The molecule has 9 nitrogen and oxygen atoms in total. The fourth-order valence-corrected chi connectivity index (χ4v) is 4.64. The number of H-pyrrole nitrogens is 1. The number of aromatic nitrogens is 3. The van der Waals surface area contributed by atoms with Crippen molar-refractivity contribution in [1.29, 1.82) is 0 Å². The second kappa shape index (κ2) is 9.98. The van der Waals surface area contributed by atoms with Gasteiger partial charge in [-0.2, -0.15) is 0 Å². The molecule has 1 amide bonds. The van der Waals surface area contributed by atoms with E-state index in [1.54, 1.807) is 74.9 Å². The number of imidazole rings is 1. The molecular weight excluding hydrogens is 504 g/mol. The maximum absolute atomic E-state index is 12.4.